The third kappa shape index (κ3) is 3.69. The molecular formula is C21H16ClN3O2S. The van der Waals surface area contributed by atoms with Crippen LogP contribution in [-0.4, -0.2) is 29.4 Å². The van der Waals surface area contributed by atoms with E-state index >= 15 is 0 Å². The fraction of sp³-hybridized carbons (Fsp3) is 0.0476. The summed E-state index contributed by atoms with van der Waals surface area (Å²) in [5.74, 6) is 1.19. The molecule has 0 aliphatic rings. The van der Waals surface area contributed by atoms with Crippen LogP contribution in [0.25, 0.3) is 28.5 Å². The van der Waals surface area contributed by atoms with Crippen LogP contribution in [0, 0.1) is 0 Å². The molecule has 7 heteroatoms. The zero-order valence-electron chi connectivity index (χ0n) is 14.9. The van der Waals surface area contributed by atoms with Crippen molar-refractivity contribution in [3.8, 4) is 28.5 Å². The molecule has 5 nitrogen and oxygen atoms in total. The first kappa shape index (κ1) is 18.4. The highest BCUT2D eigenvalue weighted by Gasteiger charge is 2.16. The summed E-state index contributed by atoms with van der Waals surface area (Å²) in [6, 6.07) is 23.6. The number of benzene rings is 3. The summed E-state index contributed by atoms with van der Waals surface area (Å²) in [7, 11) is -3.26. The van der Waals surface area contributed by atoms with E-state index in [1.807, 2.05) is 42.5 Å². The minimum absolute atomic E-state index is 0.261. The summed E-state index contributed by atoms with van der Waals surface area (Å²) in [5, 5.41) is 5.30. The van der Waals surface area contributed by atoms with E-state index in [4.69, 9.17) is 16.6 Å². The Bertz CT molecular complexity index is 1220. The lowest BCUT2D eigenvalue weighted by atomic mass is 10.2. The van der Waals surface area contributed by atoms with E-state index in [9.17, 15) is 8.42 Å². The summed E-state index contributed by atoms with van der Waals surface area (Å²) in [5.41, 5.74) is 2.46. The molecule has 0 unspecified atom stereocenters. The van der Waals surface area contributed by atoms with Gasteiger partial charge in [0.1, 0.15) is 0 Å². The van der Waals surface area contributed by atoms with Crippen LogP contribution in [0.2, 0.25) is 5.02 Å². The molecule has 0 aliphatic carbocycles. The number of sulfone groups is 1. The van der Waals surface area contributed by atoms with Gasteiger partial charge in [0.05, 0.1) is 10.6 Å². The molecule has 3 aromatic carbocycles. The second-order valence-corrected chi connectivity index (χ2v) is 8.76. The number of nitrogens with zero attached hydrogens (tertiary/aromatic N) is 3. The quantitative estimate of drug-likeness (QED) is 0.491. The number of hydrogen-bond donors (Lipinski definition) is 0. The van der Waals surface area contributed by atoms with Crippen molar-refractivity contribution in [2.24, 2.45) is 0 Å². The van der Waals surface area contributed by atoms with Gasteiger partial charge in [-0.25, -0.2) is 18.1 Å². The maximum Gasteiger partial charge on any atom is 0.182 e. The minimum atomic E-state index is -3.26. The first-order valence-electron chi connectivity index (χ1n) is 8.51. The smallest absolute Gasteiger partial charge is 0.182 e. The van der Waals surface area contributed by atoms with Gasteiger partial charge in [0.2, 0.25) is 0 Å². The van der Waals surface area contributed by atoms with Crippen LogP contribution in [0.5, 0.6) is 0 Å². The Balaban J connectivity index is 1.87. The van der Waals surface area contributed by atoms with Gasteiger partial charge in [0, 0.05) is 22.4 Å². The molecule has 0 amide bonds. The molecule has 0 bridgehead atoms. The molecule has 0 saturated carbocycles. The van der Waals surface area contributed by atoms with Gasteiger partial charge in [0.25, 0.3) is 0 Å². The van der Waals surface area contributed by atoms with E-state index in [0.29, 0.717) is 16.7 Å². The molecule has 140 valence electrons. The van der Waals surface area contributed by atoms with Crippen molar-refractivity contribution < 1.29 is 8.42 Å². The third-order valence-electron chi connectivity index (χ3n) is 4.25. The lowest BCUT2D eigenvalue weighted by Crippen LogP contribution is -2.00. The van der Waals surface area contributed by atoms with Crippen molar-refractivity contribution in [2.45, 2.75) is 4.90 Å². The van der Waals surface area contributed by atoms with Crippen molar-refractivity contribution in [3.63, 3.8) is 0 Å². The summed E-state index contributed by atoms with van der Waals surface area (Å²) in [6.45, 7) is 0. The zero-order valence-corrected chi connectivity index (χ0v) is 16.5. The largest absolute Gasteiger partial charge is 0.224 e. The number of rotatable bonds is 4. The highest BCUT2D eigenvalue weighted by molar-refractivity contribution is 7.90. The first-order chi connectivity index (χ1) is 13.4. The van der Waals surface area contributed by atoms with Crippen LogP contribution in [0.4, 0.5) is 0 Å². The van der Waals surface area contributed by atoms with Crippen molar-refractivity contribution >= 4 is 21.4 Å². The number of aromatic nitrogens is 3. The van der Waals surface area contributed by atoms with Crippen molar-refractivity contribution in [1.29, 1.82) is 0 Å². The zero-order chi connectivity index (χ0) is 19.7. The van der Waals surface area contributed by atoms with Gasteiger partial charge in [0.15, 0.2) is 21.5 Å². The Kier molecular flexibility index (Phi) is 4.75. The van der Waals surface area contributed by atoms with Gasteiger partial charge >= 0.3 is 0 Å². The van der Waals surface area contributed by atoms with Gasteiger partial charge in [-0.15, -0.1) is 5.10 Å². The van der Waals surface area contributed by atoms with Crippen LogP contribution in [0.15, 0.2) is 83.8 Å². The summed E-state index contributed by atoms with van der Waals surface area (Å²) in [6.07, 6.45) is 1.19. The van der Waals surface area contributed by atoms with E-state index in [1.165, 1.54) is 6.26 Å². The Hall–Kier alpha value is -2.96. The molecule has 4 rings (SSSR count). The highest BCUT2D eigenvalue weighted by atomic mass is 35.5. The summed E-state index contributed by atoms with van der Waals surface area (Å²) in [4.78, 5) is 4.97. The number of halogens is 1. The minimum Gasteiger partial charge on any atom is -0.224 e. The molecule has 0 saturated heterocycles. The standard InChI is InChI=1S/C21H16ClN3O2S/c1-28(26,27)19-13-7-16(8-14-19)21-23-20(15-5-3-2-4-6-15)24-25(21)18-11-9-17(22)10-12-18/h2-14H,1H3. The van der Waals surface area contributed by atoms with Gasteiger partial charge in [-0.3, -0.25) is 0 Å². The lowest BCUT2D eigenvalue weighted by molar-refractivity contribution is 0.602. The van der Waals surface area contributed by atoms with Crippen molar-refractivity contribution in [1.82, 2.24) is 14.8 Å². The lowest BCUT2D eigenvalue weighted by Gasteiger charge is -2.07. The predicted octanol–water partition coefficient (Wildman–Crippen LogP) is 4.66. The van der Waals surface area contributed by atoms with E-state index < -0.39 is 9.84 Å². The molecule has 0 spiro atoms. The molecule has 0 fully saturated rings. The fourth-order valence-electron chi connectivity index (χ4n) is 2.82. The van der Waals surface area contributed by atoms with E-state index in [0.717, 1.165) is 16.8 Å². The third-order valence-corrected chi connectivity index (χ3v) is 5.63. The number of hydrogen-bond acceptors (Lipinski definition) is 4. The van der Waals surface area contributed by atoms with E-state index in [2.05, 4.69) is 5.10 Å². The molecule has 4 aromatic rings. The van der Waals surface area contributed by atoms with Gasteiger partial charge in [-0.2, -0.15) is 0 Å². The Morgan fingerprint density at radius 2 is 1.46 bits per heavy atom. The van der Waals surface area contributed by atoms with Gasteiger partial charge < -0.3 is 0 Å². The van der Waals surface area contributed by atoms with Crippen LogP contribution < -0.4 is 0 Å². The molecule has 0 atom stereocenters. The molecule has 28 heavy (non-hydrogen) atoms. The average Bonchev–Trinajstić information content (AvgIpc) is 3.14. The van der Waals surface area contributed by atoms with E-state index in [-0.39, 0.29) is 4.90 Å². The SMILES string of the molecule is CS(=O)(=O)c1ccc(-c2nc(-c3ccccc3)nn2-c2ccc(Cl)cc2)cc1. The van der Waals surface area contributed by atoms with Crippen LogP contribution in [-0.2, 0) is 9.84 Å². The molecule has 0 radical (unpaired) electrons. The maximum absolute atomic E-state index is 11.7. The Morgan fingerprint density at radius 1 is 0.821 bits per heavy atom. The second-order valence-electron chi connectivity index (χ2n) is 6.31. The van der Waals surface area contributed by atoms with E-state index in [1.54, 1.807) is 41.1 Å². The predicted molar refractivity (Wildman–Crippen MR) is 110 cm³/mol. The topological polar surface area (TPSA) is 64.8 Å². The van der Waals surface area contributed by atoms with Gasteiger partial charge in [-0.1, -0.05) is 41.9 Å². The molecular weight excluding hydrogens is 394 g/mol. The first-order valence-corrected chi connectivity index (χ1v) is 10.8. The monoisotopic (exact) mass is 409 g/mol. The molecule has 1 aromatic heterocycles. The van der Waals surface area contributed by atoms with Crippen molar-refractivity contribution in [2.75, 3.05) is 6.26 Å². The van der Waals surface area contributed by atoms with Crippen LogP contribution >= 0.6 is 11.6 Å². The summed E-state index contributed by atoms with van der Waals surface area (Å²) >= 11 is 6.01. The molecule has 0 N–H and O–H groups in total. The Morgan fingerprint density at radius 3 is 2.07 bits per heavy atom. The average molecular weight is 410 g/mol. The Labute approximate surface area is 168 Å². The normalized spacial score (nSPS) is 11.5. The van der Waals surface area contributed by atoms with Gasteiger partial charge in [-0.05, 0) is 48.5 Å². The fourth-order valence-corrected chi connectivity index (χ4v) is 3.58. The highest BCUT2D eigenvalue weighted by Crippen LogP contribution is 2.27. The van der Waals surface area contributed by atoms with Crippen LogP contribution in [0.3, 0.4) is 0 Å². The van der Waals surface area contributed by atoms with Crippen molar-refractivity contribution in [3.05, 3.63) is 83.9 Å². The summed E-state index contributed by atoms with van der Waals surface area (Å²) < 4.78 is 25.2. The maximum atomic E-state index is 11.7. The second kappa shape index (κ2) is 7.22. The molecule has 0 aliphatic heterocycles. The van der Waals surface area contributed by atoms with Crippen LogP contribution in [0.1, 0.15) is 0 Å². The molecule has 1 heterocycles.